The second-order valence-electron chi connectivity index (χ2n) is 4.95. The normalized spacial score (nSPS) is 10.3. The average molecular weight is 382 g/mol. The van der Waals surface area contributed by atoms with Gasteiger partial charge in [0.25, 0.3) is 5.91 Å². The van der Waals surface area contributed by atoms with Gasteiger partial charge in [-0.2, -0.15) is 4.98 Å². The van der Waals surface area contributed by atoms with Gasteiger partial charge in [-0.1, -0.05) is 11.2 Å². The van der Waals surface area contributed by atoms with Crippen LogP contribution in [0, 0.1) is 0 Å². The van der Waals surface area contributed by atoms with Gasteiger partial charge in [-0.3, -0.25) is 14.9 Å². The summed E-state index contributed by atoms with van der Waals surface area (Å²) in [6.45, 7) is 0.0221. The summed E-state index contributed by atoms with van der Waals surface area (Å²) in [4.78, 5) is 39.5. The molecule has 0 aliphatic heterocycles. The van der Waals surface area contributed by atoms with Crippen molar-refractivity contribution in [2.75, 3.05) is 26.9 Å². The van der Waals surface area contributed by atoms with Gasteiger partial charge < -0.3 is 19.3 Å². The molecule has 2 aromatic rings. The Balaban J connectivity index is 1.64. The van der Waals surface area contributed by atoms with E-state index >= 15 is 0 Å². The van der Waals surface area contributed by atoms with E-state index in [9.17, 15) is 14.4 Å². The summed E-state index contributed by atoms with van der Waals surface area (Å²) >= 11 is 1.48. The smallest absolute Gasteiger partial charge is 0.321 e. The van der Waals surface area contributed by atoms with Crippen molar-refractivity contribution in [3.63, 3.8) is 0 Å². The van der Waals surface area contributed by atoms with Gasteiger partial charge in [0.15, 0.2) is 6.61 Å². The maximum Gasteiger partial charge on any atom is 0.321 e. The van der Waals surface area contributed by atoms with Crippen LogP contribution in [0.2, 0.25) is 0 Å². The minimum Gasteiger partial charge on any atom is -0.456 e. The second kappa shape index (κ2) is 10.3. The van der Waals surface area contributed by atoms with Gasteiger partial charge in [-0.15, -0.1) is 11.3 Å². The number of amides is 3. The summed E-state index contributed by atoms with van der Waals surface area (Å²) in [5, 5.41) is 10.1. The number of rotatable bonds is 9. The van der Waals surface area contributed by atoms with Gasteiger partial charge in [0.05, 0.1) is 17.9 Å². The Hall–Kier alpha value is -2.79. The number of hydrogen-bond donors (Lipinski definition) is 2. The van der Waals surface area contributed by atoms with Crippen molar-refractivity contribution in [1.29, 1.82) is 0 Å². The van der Waals surface area contributed by atoms with Crippen LogP contribution >= 0.6 is 11.3 Å². The Morgan fingerprint density at radius 1 is 1.35 bits per heavy atom. The predicted octanol–water partition coefficient (Wildman–Crippen LogP) is 0.746. The summed E-state index contributed by atoms with van der Waals surface area (Å²) in [5.41, 5.74) is 0. The van der Waals surface area contributed by atoms with Crippen molar-refractivity contribution in [3.8, 4) is 10.7 Å². The molecule has 2 heterocycles. The van der Waals surface area contributed by atoms with Gasteiger partial charge >= 0.3 is 12.0 Å². The molecule has 0 radical (unpaired) electrons. The number of nitrogens with one attached hydrogen (secondary N) is 2. The van der Waals surface area contributed by atoms with Crippen molar-refractivity contribution in [2.24, 2.45) is 0 Å². The monoisotopic (exact) mass is 382 g/mol. The quantitative estimate of drug-likeness (QED) is 0.479. The van der Waals surface area contributed by atoms with Crippen LogP contribution in [0.15, 0.2) is 22.0 Å². The first kappa shape index (κ1) is 19.5. The molecule has 2 N–H and O–H groups in total. The third-order valence-corrected chi connectivity index (χ3v) is 3.83. The highest BCUT2D eigenvalue weighted by Gasteiger charge is 2.14. The Bertz CT molecular complexity index is 730. The van der Waals surface area contributed by atoms with Crippen LogP contribution in [0.4, 0.5) is 4.79 Å². The number of imide groups is 1. The van der Waals surface area contributed by atoms with E-state index in [1.807, 2.05) is 22.8 Å². The topological polar surface area (TPSA) is 133 Å². The van der Waals surface area contributed by atoms with E-state index in [-0.39, 0.29) is 19.4 Å². The van der Waals surface area contributed by atoms with E-state index in [1.54, 1.807) is 0 Å². The number of aromatic nitrogens is 2. The molecular weight excluding hydrogens is 364 g/mol. The first-order valence-corrected chi connectivity index (χ1v) is 8.55. The summed E-state index contributed by atoms with van der Waals surface area (Å²) in [6, 6.07) is 3.04. The Labute approximate surface area is 152 Å². The first-order valence-electron chi connectivity index (χ1n) is 7.67. The van der Waals surface area contributed by atoms with E-state index < -0.39 is 24.5 Å². The molecule has 0 saturated heterocycles. The van der Waals surface area contributed by atoms with Gasteiger partial charge in [0, 0.05) is 20.1 Å². The molecule has 3 amide bonds. The number of urea groups is 1. The molecule has 0 saturated carbocycles. The summed E-state index contributed by atoms with van der Waals surface area (Å²) in [6.07, 6.45) is 0.162. The van der Waals surface area contributed by atoms with Gasteiger partial charge in [0.2, 0.25) is 11.7 Å². The minimum absolute atomic E-state index is 0.0284. The molecule has 2 aromatic heterocycles. The molecule has 2 rings (SSSR count). The lowest BCUT2D eigenvalue weighted by Crippen LogP contribution is -2.42. The largest absolute Gasteiger partial charge is 0.456 e. The molecule has 0 aromatic carbocycles. The van der Waals surface area contributed by atoms with Crippen LogP contribution in [0.25, 0.3) is 10.7 Å². The summed E-state index contributed by atoms with van der Waals surface area (Å²) in [7, 11) is 1.49. The third-order valence-electron chi connectivity index (χ3n) is 2.96. The SMILES string of the molecule is COCCNC(=O)NC(=O)COC(=O)CCc1nc(-c2cccs2)no1. The van der Waals surface area contributed by atoms with Crippen LogP contribution in [0.5, 0.6) is 0 Å². The molecule has 10 nitrogen and oxygen atoms in total. The van der Waals surface area contributed by atoms with E-state index in [0.29, 0.717) is 18.3 Å². The number of carbonyl (C=O) groups excluding carboxylic acids is 3. The van der Waals surface area contributed by atoms with E-state index in [2.05, 4.69) is 15.5 Å². The van der Waals surface area contributed by atoms with Crippen LogP contribution in [-0.4, -0.2) is 54.9 Å². The summed E-state index contributed by atoms with van der Waals surface area (Å²) < 4.78 is 14.6. The molecule has 11 heteroatoms. The van der Waals surface area contributed by atoms with Crippen LogP contribution in [0.3, 0.4) is 0 Å². The molecule has 0 unspecified atom stereocenters. The van der Waals surface area contributed by atoms with E-state index in [1.165, 1.54) is 18.4 Å². The zero-order chi connectivity index (χ0) is 18.8. The molecule has 0 aliphatic carbocycles. The van der Waals surface area contributed by atoms with Crippen molar-refractivity contribution in [1.82, 2.24) is 20.8 Å². The minimum atomic E-state index is -0.731. The number of nitrogens with zero attached hydrogens (tertiary/aromatic N) is 2. The number of thiophene rings is 1. The van der Waals surface area contributed by atoms with Gasteiger partial charge in [-0.05, 0) is 11.4 Å². The number of hydrogen-bond acceptors (Lipinski definition) is 9. The van der Waals surface area contributed by atoms with Gasteiger partial charge in [-0.25, -0.2) is 4.79 Å². The van der Waals surface area contributed by atoms with Crippen LogP contribution in [0.1, 0.15) is 12.3 Å². The lowest BCUT2D eigenvalue weighted by molar-refractivity contribution is -0.148. The fourth-order valence-corrected chi connectivity index (χ4v) is 2.41. The standard InChI is InChI=1S/C15H18N4O6S/c1-23-7-6-16-15(22)17-11(20)9-24-13(21)5-4-12-18-14(19-25-12)10-3-2-8-26-10/h2-3,8H,4-7,9H2,1H3,(H2,16,17,20,22). The molecule has 0 aliphatic rings. The zero-order valence-electron chi connectivity index (χ0n) is 14.0. The van der Waals surface area contributed by atoms with Crippen LogP contribution in [-0.2, 0) is 25.5 Å². The Morgan fingerprint density at radius 3 is 2.92 bits per heavy atom. The second-order valence-corrected chi connectivity index (χ2v) is 5.89. The van der Waals surface area contributed by atoms with Crippen molar-refractivity contribution in [2.45, 2.75) is 12.8 Å². The highest BCUT2D eigenvalue weighted by Crippen LogP contribution is 2.21. The average Bonchev–Trinajstić information content (AvgIpc) is 3.29. The van der Waals surface area contributed by atoms with Crippen LogP contribution < -0.4 is 10.6 Å². The molecular formula is C15H18N4O6S. The fraction of sp³-hybridized carbons (Fsp3) is 0.400. The van der Waals surface area contributed by atoms with Crippen molar-refractivity contribution < 1.29 is 28.4 Å². The zero-order valence-corrected chi connectivity index (χ0v) is 14.8. The highest BCUT2D eigenvalue weighted by atomic mass is 32.1. The summed E-state index contributed by atoms with van der Waals surface area (Å²) in [5.74, 6) is -0.587. The number of carbonyl (C=O) groups is 3. The predicted molar refractivity (Wildman–Crippen MR) is 90.3 cm³/mol. The molecule has 0 spiro atoms. The molecule has 26 heavy (non-hydrogen) atoms. The lowest BCUT2D eigenvalue weighted by atomic mass is 10.3. The molecule has 0 fully saturated rings. The number of aryl methyl sites for hydroxylation is 1. The van der Waals surface area contributed by atoms with E-state index in [0.717, 1.165) is 4.88 Å². The highest BCUT2D eigenvalue weighted by molar-refractivity contribution is 7.13. The maximum atomic E-state index is 11.6. The maximum absolute atomic E-state index is 11.6. The lowest BCUT2D eigenvalue weighted by Gasteiger charge is -2.06. The number of methoxy groups -OCH3 is 1. The third kappa shape index (κ3) is 6.61. The van der Waals surface area contributed by atoms with E-state index in [4.69, 9.17) is 14.0 Å². The Kier molecular flexibility index (Phi) is 7.71. The number of esters is 1. The first-order chi connectivity index (χ1) is 12.6. The number of ether oxygens (including phenoxy) is 2. The van der Waals surface area contributed by atoms with Crippen molar-refractivity contribution in [3.05, 3.63) is 23.4 Å². The van der Waals surface area contributed by atoms with Gasteiger partial charge in [0.1, 0.15) is 0 Å². The van der Waals surface area contributed by atoms with Crippen molar-refractivity contribution >= 4 is 29.2 Å². The molecule has 0 bridgehead atoms. The fourth-order valence-electron chi connectivity index (χ4n) is 1.76. The Morgan fingerprint density at radius 2 is 2.19 bits per heavy atom. The molecule has 0 atom stereocenters. The molecule has 140 valence electrons.